The molecular weight excluding hydrogens is 192 g/mol. The van der Waals surface area contributed by atoms with Gasteiger partial charge in [-0.25, -0.2) is 4.68 Å². The number of hydrogen-bond acceptors (Lipinski definition) is 3. The molecule has 1 radical (unpaired) electrons. The first-order valence-electron chi connectivity index (χ1n) is 4.70. The minimum absolute atomic E-state index is 0.318. The van der Waals surface area contributed by atoms with Gasteiger partial charge in [0.2, 0.25) is 0 Å². The monoisotopic (exact) mass is 203 g/mol. The predicted molar refractivity (Wildman–Crippen MR) is 55.0 cm³/mol. The molecule has 1 atom stereocenters. The molecule has 0 spiro atoms. The van der Waals surface area contributed by atoms with E-state index in [1.54, 1.807) is 11.6 Å². The number of para-hydroxylation sites is 1. The number of hydrogen-bond donors (Lipinski definition) is 0. The van der Waals surface area contributed by atoms with Crippen molar-refractivity contribution in [3.05, 3.63) is 30.5 Å². The van der Waals surface area contributed by atoms with E-state index in [9.17, 15) is 4.79 Å². The van der Waals surface area contributed by atoms with Crippen molar-refractivity contribution in [3.8, 4) is 0 Å². The van der Waals surface area contributed by atoms with E-state index in [1.165, 1.54) is 6.92 Å². The number of benzene rings is 1. The first-order valence-corrected chi connectivity index (χ1v) is 4.70. The van der Waals surface area contributed by atoms with Gasteiger partial charge >= 0.3 is 5.97 Å². The Morgan fingerprint density at radius 1 is 1.53 bits per heavy atom. The summed E-state index contributed by atoms with van der Waals surface area (Å²) in [6, 6.07) is 7.66. The smallest absolute Gasteiger partial charge is 0.304 e. The summed E-state index contributed by atoms with van der Waals surface area (Å²) >= 11 is 0. The molecule has 77 valence electrons. The van der Waals surface area contributed by atoms with Gasteiger partial charge in [-0.1, -0.05) is 18.2 Å². The molecule has 1 unspecified atom stereocenters. The third kappa shape index (κ3) is 1.83. The number of nitrogens with zero attached hydrogens (tertiary/aromatic N) is 2. The van der Waals surface area contributed by atoms with E-state index in [4.69, 9.17) is 4.74 Å². The first-order chi connectivity index (χ1) is 7.18. The van der Waals surface area contributed by atoms with Crippen molar-refractivity contribution in [2.45, 2.75) is 20.1 Å². The SMILES string of the molecule is CC(=O)OC(C)n1n[c]c2ccccc21. The Labute approximate surface area is 87.5 Å². The zero-order valence-electron chi connectivity index (χ0n) is 8.60. The molecule has 0 fully saturated rings. The van der Waals surface area contributed by atoms with Gasteiger partial charge in [0.1, 0.15) is 6.20 Å². The summed E-state index contributed by atoms with van der Waals surface area (Å²) in [5, 5.41) is 4.98. The molecule has 0 bridgehead atoms. The summed E-state index contributed by atoms with van der Waals surface area (Å²) < 4.78 is 6.68. The maximum atomic E-state index is 10.8. The number of ether oxygens (including phenoxy) is 1. The highest BCUT2D eigenvalue weighted by molar-refractivity contribution is 5.77. The molecule has 0 aliphatic carbocycles. The van der Waals surface area contributed by atoms with Crippen molar-refractivity contribution in [1.29, 1.82) is 0 Å². The minimum atomic E-state index is -0.404. The molecule has 1 heterocycles. The molecule has 2 aromatic rings. The van der Waals surface area contributed by atoms with Gasteiger partial charge < -0.3 is 4.74 Å². The molecule has 0 aliphatic heterocycles. The number of rotatable bonds is 2. The molecule has 4 heteroatoms. The van der Waals surface area contributed by atoms with Crippen LogP contribution in [-0.4, -0.2) is 15.7 Å². The average molecular weight is 203 g/mol. The van der Waals surface area contributed by atoms with Gasteiger partial charge in [-0.3, -0.25) is 4.79 Å². The number of esters is 1. The van der Waals surface area contributed by atoms with Gasteiger partial charge in [0.25, 0.3) is 0 Å². The Hall–Kier alpha value is -1.84. The standard InChI is InChI=1S/C11H11N2O2/c1-8(15-9(2)14)13-11-6-4-3-5-10(11)7-12-13/h3-6,8H,1-2H3. The van der Waals surface area contributed by atoms with Crippen molar-refractivity contribution in [1.82, 2.24) is 9.78 Å². The number of carbonyl (C=O) groups excluding carboxylic acids is 1. The average Bonchev–Trinajstić information content (AvgIpc) is 2.59. The van der Waals surface area contributed by atoms with Crippen LogP contribution in [0.1, 0.15) is 20.1 Å². The molecule has 0 N–H and O–H groups in total. The van der Waals surface area contributed by atoms with Crippen molar-refractivity contribution < 1.29 is 9.53 Å². The molecule has 0 aliphatic rings. The van der Waals surface area contributed by atoms with Gasteiger partial charge in [-0.05, 0) is 13.0 Å². The first kappa shape index (κ1) is 9.71. The van der Waals surface area contributed by atoms with Crippen LogP contribution in [0.2, 0.25) is 0 Å². The molecule has 0 saturated carbocycles. The molecule has 0 amide bonds. The van der Waals surface area contributed by atoms with E-state index in [1.807, 2.05) is 24.3 Å². The Balaban J connectivity index is 2.39. The normalized spacial score (nSPS) is 12.7. The molecule has 0 saturated heterocycles. The summed E-state index contributed by atoms with van der Waals surface area (Å²) in [5.74, 6) is -0.318. The van der Waals surface area contributed by atoms with Crippen LogP contribution in [0.5, 0.6) is 0 Å². The van der Waals surface area contributed by atoms with Gasteiger partial charge in [0.15, 0.2) is 6.23 Å². The van der Waals surface area contributed by atoms with Crippen LogP contribution in [0.15, 0.2) is 24.3 Å². The third-order valence-corrected chi connectivity index (χ3v) is 2.11. The summed E-state index contributed by atoms with van der Waals surface area (Å²) in [7, 11) is 0. The maximum absolute atomic E-state index is 10.8. The van der Waals surface area contributed by atoms with Crippen molar-refractivity contribution in [2.75, 3.05) is 0 Å². The molecule has 4 nitrogen and oxygen atoms in total. The van der Waals surface area contributed by atoms with Crippen LogP contribution in [0.25, 0.3) is 10.9 Å². The number of aromatic nitrogens is 2. The van der Waals surface area contributed by atoms with Crippen LogP contribution in [-0.2, 0) is 9.53 Å². The number of fused-ring (bicyclic) bond motifs is 1. The quantitative estimate of drug-likeness (QED) is 0.700. The fourth-order valence-electron chi connectivity index (χ4n) is 1.50. The molecule has 1 aromatic carbocycles. The fraction of sp³-hybridized carbons (Fsp3) is 0.273. The minimum Gasteiger partial charge on any atom is -0.440 e. The lowest BCUT2D eigenvalue weighted by atomic mass is 10.2. The lowest BCUT2D eigenvalue weighted by Crippen LogP contribution is -2.13. The second-order valence-corrected chi connectivity index (χ2v) is 3.28. The van der Waals surface area contributed by atoms with Crippen molar-refractivity contribution in [3.63, 3.8) is 0 Å². The second-order valence-electron chi connectivity index (χ2n) is 3.28. The Bertz CT molecular complexity index is 490. The van der Waals surface area contributed by atoms with Gasteiger partial charge in [-0.2, -0.15) is 5.10 Å². The van der Waals surface area contributed by atoms with Gasteiger partial charge in [0, 0.05) is 12.3 Å². The lowest BCUT2D eigenvalue weighted by molar-refractivity contribution is -0.150. The summed E-state index contributed by atoms with van der Waals surface area (Å²) in [4.78, 5) is 10.8. The molecule has 1 aromatic heterocycles. The number of carbonyl (C=O) groups is 1. The van der Waals surface area contributed by atoms with E-state index in [-0.39, 0.29) is 5.97 Å². The Morgan fingerprint density at radius 2 is 2.27 bits per heavy atom. The highest BCUT2D eigenvalue weighted by Crippen LogP contribution is 2.17. The van der Waals surface area contributed by atoms with Crippen molar-refractivity contribution >= 4 is 16.9 Å². The van der Waals surface area contributed by atoms with E-state index >= 15 is 0 Å². The molecule has 15 heavy (non-hydrogen) atoms. The molecule has 2 rings (SSSR count). The van der Waals surface area contributed by atoms with Crippen molar-refractivity contribution in [2.24, 2.45) is 0 Å². The maximum Gasteiger partial charge on any atom is 0.304 e. The topological polar surface area (TPSA) is 44.1 Å². The van der Waals surface area contributed by atoms with Crippen LogP contribution >= 0.6 is 0 Å². The van der Waals surface area contributed by atoms with Crippen LogP contribution < -0.4 is 0 Å². The summed E-state index contributed by atoms with van der Waals surface area (Å²) in [5.41, 5.74) is 0.909. The second kappa shape index (κ2) is 3.73. The van der Waals surface area contributed by atoms with E-state index in [2.05, 4.69) is 11.3 Å². The summed E-state index contributed by atoms with van der Waals surface area (Å²) in [6.07, 6.45) is 2.46. The fourth-order valence-corrected chi connectivity index (χ4v) is 1.50. The largest absolute Gasteiger partial charge is 0.440 e. The van der Waals surface area contributed by atoms with Gasteiger partial charge in [-0.15, -0.1) is 0 Å². The third-order valence-electron chi connectivity index (χ3n) is 2.11. The van der Waals surface area contributed by atoms with Crippen LogP contribution in [0, 0.1) is 6.20 Å². The van der Waals surface area contributed by atoms with Crippen LogP contribution in [0.3, 0.4) is 0 Å². The van der Waals surface area contributed by atoms with E-state index in [0.29, 0.717) is 0 Å². The zero-order chi connectivity index (χ0) is 10.8. The predicted octanol–water partition coefficient (Wildman–Crippen LogP) is 1.92. The van der Waals surface area contributed by atoms with E-state index < -0.39 is 6.23 Å². The molecular formula is C11H11N2O2. The Morgan fingerprint density at radius 3 is 3.00 bits per heavy atom. The highest BCUT2D eigenvalue weighted by Gasteiger charge is 2.11. The van der Waals surface area contributed by atoms with Crippen LogP contribution in [0.4, 0.5) is 0 Å². The zero-order valence-corrected chi connectivity index (χ0v) is 8.60. The lowest BCUT2D eigenvalue weighted by Gasteiger charge is -2.12. The highest BCUT2D eigenvalue weighted by atomic mass is 16.6. The van der Waals surface area contributed by atoms with Gasteiger partial charge in [0.05, 0.1) is 5.52 Å². The van der Waals surface area contributed by atoms with E-state index in [0.717, 1.165) is 10.9 Å². The summed E-state index contributed by atoms with van der Waals surface area (Å²) in [6.45, 7) is 3.15. The Kier molecular flexibility index (Phi) is 2.41.